The van der Waals surface area contributed by atoms with Crippen LogP contribution in [0, 0.1) is 10.1 Å². The Labute approximate surface area is 237 Å². The number of carbonyl (C=O) groups excluding carboxylic acids is 2. The quantitative estimate of drug-likeness (QED) is 0.139. The third-order valence-electron chi connectivity index (χ3n) is 6.36. The molecule has 0 radical (unpaired) electrons. The summed E-state index contributed by atoms with van der Waals surface area (Å²) in [4.78, 5) is 37.9. The van der Waals surface area contributed by atoms with Gasteiger partial charge in [0.1, 0.15) is 25.6 Å². The van der Waals surface area contributed by atoms with Gasteiger partial charge in [0.2, 0.25) is 0 Å². The molecule has 1 aliphatic rings. The van der Waals surface area contributed by atoms with Gasteiger partial charge in [0.15, 0.2) is 0 Å². The van der Waals surface area contributed by atoms with Crippen LogP contribution in [0.15, 0.2) is 114 Å². The molecule has 0 saturated heterocycles. The predicted molar refractivity (Wildman–Crippen MR) is 154 cm³/mol. The lowest BCUT2D eigenvalue weighted by molar-refractivity contribution is -0.384. The highest BCUT2D eigenvalue weighted by molar-refractivity contribution is 6.00. The highest BCUT2D eigenvalue weighted by Gasteiger charge is 2.38. The van der Waals surface area contributed by atoms with E-state index in [4.69, 9.17) is 14.2 Å². The van der Waals surface area contributed by atoms with Gasteiger partial charge in [0.25, 0.3) is 5.69 Å². The van der Waals surface area contributed by atoms with Crippen molar-refractivity contribution in [2.45, 2.75) is 19.8 Å². The first kappa shape index (κ1) is 28.8. The summed E-state index contributed by atoms with van der Waals surface area (Å²) in [6, 6.07) is 24.5. The Bertz CT molecular complexity index is 1490. The summed E-state index contributed by atoms with van der Waals surface area (Å²) in [6.07, 6.45) is 3.54. The number of ether oxygens (including phenoxy) is 3. The summed E-state index contributed by atoms with van der Waals surface area (Å²) in [6.45, 7) is 3.45. The zero-order valence-corrected chi connectivity index (χ0v) is 22.7. The highest BCUT2D eigenvalue weighted by Crippen LogP contribution is 2.40. The summed E-state index contributed by atoms with van der Waals surface area (Å²) in [5.74, 6) is -1.65. The Kier molecular flexibility index (Phi) is 9.66. The normalized spacial score (nSPS) is 14.9. The zero-order valence-electron chi connectivity index (χ0n) is 22.7. The van der Waals surface area contributed by atoms with E-state index in [0.717, 1.165) is 5.56 Å². The number of nitrogens with one attached hydrogen (secondary N) is 1. The molecular formula is C32H30N2O7. The maximum atomic E-state index is 13.4. The molecule has 9 heteroatoms. The lowest BCUT2D eigenvalue weighted by Crippen LogP contribution is -2.33. The molecule has 1 heterocycles. The molecule has 0 saturated carbocycles. The molecule has 4 rings (SSSR count). The molecule has 1 atom stereocenters. The second kappa shape index (κ2) is 13.7. The molecule has 3 aromatic rings. The van der Waals surface area contributed by atoms with E-state index in [9.17, 15) is 19.7 Å². The van der Waals surface area contributed by atoms with Crippen LogP contribution < -0.4 is 10.1 Å². The van der Waals surface area contributed by atoms with Crippen LogP contribution in [0.5, 0.6) is 5.75 Å². The molecule has 9 nitrogen and oxygen atoms in total. The third kappa shape index (κ3) is 7.48. The molecule has 210 valence electrons. The first-order chi connectivity index (χ1) is 19.8. The molecule has 0 bridgehead atoms. The van der Waals surface area contributed by atoms with Crippen molar-refractivity contribution in [2.75, 3.05) is 19.8 Å². The molecule has 0 spiro atoms. The number of esters is 2. The first-order valence-corrected chi connectivity index (χ1v) is 13.0. The van der Waals surface area contributed by atoms with Gasteiger partial charge in [-0.2, -0.15) is 0 Å². The summed E-state index contributed by atoms with van der Waals surface area (Å²) in [5, 5.41) is 14.6. The van der Waals surface area contributed by atoms with Crippen molar-refractivity contribution in [1.29, 1.82) is 0 Å². The minimum Gasteiger partial charge on any atom is -0.490 e. The van der Waals surface area contributed by atoms with Gasteiger partial charge in [0.05, 0.1) is 22.0 Å². The van der Waals surface area contributed by atoms with Gasteiger partial charge in [-0.05, 0) is 43.2 Å². The summed E-state index contributed by atoms with van der Waals surface area (Å²) in [5.41, 5.74) is 2.43. The van der Waals surface area contributed by atoms with E-state index < -0.39 is 22.8 Å². The fourth-order valence-electron chi connectivity index (χ4n) is 4.52. The smallest absolute Gasteiger partial charge is 0.337 e. The predicted octanol–water partition coefficient (Wildman–Crippen LogP) is 5.71. The van der Waals surface area contributed by atoms with Crippen molar-refractivity contribution in [1.82, 2.24) is 5.32 Å². The molecule has 0 fully saturated rings. The number of para-hydroxylation sites is 1. The van der Waals surface area contributed by atoms with Gasteiger partial charge in [-0.3, -0.25) is 10.1 Å². The largest absolute Gasteiger partial charge is 0.490 e. The molecule has 1 unspecified atom stereocenters. The van der Waals surface area contributed by atoms with Gasteiger partial charge >= 0.3 is 11.9 Å². The number of benzene rings is 3. The number of non-ortho nitro benzene ring substituents is 1. The molecule has 0 aliphatic carbocycles. The minimum absolute atomic E-state index is 0.00847. The second-order valence-corrected chi connectivity index (χ2v) is 9.20. The van der Waals surface area contributed by atoms with E-state index in [-0.39, 0.29) is 36.7 Å². The number of nitrogens with zero attached hydrogens (tertiary/aromatic N) is 1. The summed E-state index contributed by atoms with van der Waals surface area (Å²) in [7, 11) is 0. The van der Waals surface area contributed by atoms with E-state index >= 15 is 0 Å². The number of dihydropyridines is 1. The van der Waals surface area contributed by atoms with Crippen LogP contribution in [-0.2, 0) is 19.1 Å². The van der Waals surface area contributed by atoms with Crippen LogP contribution in [0.25, 0.3) is 6.08 Å². The summed E-state index contributed by atoms with van der Waals surface area (Å²) >= 11 is 0. The third-order valence-corrected chi connectivity index (χ3v) is 6.36. The molecule has 1 aliphatic heterocycles. The Morgan fingerprint density at radius 1 is 0.854 bits per heavy atom. The van der Waals surface area contributed by atoms with Crippen LogP contribution in [0.2, 0.25) is 0 Å². The number of nitro benzene ring substituents is 1. The molecule has 0 aromatic heterocycles. The van der Waals surface area contributed by atoms with Crippen LogP contribution in [0.4, 0.5) is 5.69 Å². The molecule has 0 amide bonds. The standard InChI is InChI=1S/C32H30N2O7/c1-22-28(31(35)40-18-10-13-24-11-5-3-6-12-24)30(25-14-9-15-26(21-25)34(37)38)29(23(2)33-22)32(36)41-20-19-39-27-16-7-4-8-17-27/h3-17,21,30,33H,18-20H2,1-2H3. The van der Waals surface area contributed by atoms with Crippen LogP contribution in [0.1, 0.15) is 30.9 Å². The monoisotopic (exact) mass is 554 g/mol. The molecule has 1 N–H and O–H groups in total. The number of allylic oxidation sites excluding steroid dienone is 2. The lowest BCUT2D eigenvalue weighted by Gasteiger charge is -2.30. The van der Waals surface area contributed by atoms with Crippen molar-refractivity contribution in [2.24, 2.45) is 0 Å². The maximum absolute atomic E-state index is 13.4. The molecular weight excluding hydrogens is 524 g/mol. The van der Waals surface area contributed by atoms with E-state index in [0.29, 0.717) is 22.7 Å². The van der Waals surface area contributed by atoms with Crippen molar-refractivity contribution in [3.8, 4) is 5.75 Å². The van der Waals surface area contributed by atoms with Gasteiger partial charge in [-0.15, -0.1) is 0 Å². The topological polar surface area (TPSA) is 117 Å². The Balaban J connectivity index is 1.56. The fourth-order valence-corrected chi connectivity index (χ4v) is 4.52. The van der Waals surface area contributed by atoms with Crippen molar-refractivity contribution < 1.29 is 28.7 Å². The van der Waals surface area contributed by atoms with Gasteiger partial charge in [-0.25, -0.2) is 9.59 Å². The first-order valence-electron chi connectivity index (χ1n) is 13.0. The Morgan fingerprint density at radius 2 is 1.49 bits per heavy atom. The zero-order chi connectivity index (χ0) is 29.2. The van der Waals surface area contributed by atoms with E-state index in [1.807, 2.05) is 54.6 Å². The number of nitro groups is 1. The number of hydrogen-bond acceptors (Lipinski definition) is 8. The van der Waals surface area contributed by atoms with E-state index in [2.05, 4.69) is 5.32 Å². The van der Waals surface area contributed by atoms with Gasteiger partial charge in [-0.1, -0.05) is 66.7 Å². The van der Waals surface area contributed by atoms with Gasteiger partial charge in [0, 0.05) is 23.5 Å². The lowest BCUT2D eigenvalue weighted by atomic mass is 9.80. The van der Waals surface area contributed by atoms with Crippen molar-refractivity contribution in [3.63, 3.8) is 0 Å². The van der Waals surface area contributed by atoms with Crippen LogP contribution in [0.3, 0.4) is 0 Å². The maximum Gasteiger partial charge on any atom is 0.337 e. The number of hydrogen-bond donors (Lipinski definition) is 1. The van der Waals surface area contributed by atoms with Gasteiger partial charge < -0.3 is 19.5 Å². The SMILES string of the molecule is CC1=C(C(=O)OCC=Cc2ccccc2)C(c2cccc([N+](=O)[O-])c2)C(C(=O)OCCOc2ccccc2)=C(C)N1. The number of carbonyl (C=O) groups is 2. The average Bonchev–Trinajstić information content (AvgIpc) is 2.98. The second-order valence-electron chi connectivity index (χ2n) is 9.20. The molecule has 3 aromatic carbocycles. The highest BCUT2D eigenvalue weighted by atomic mass is 16.6. The van der Waals surface area contributed by atoms with E-state index in [1.54, 1.807) is 38.1 Å². The summed E-state index contributed by atoms with van der Waals surface area (Å²) < 4.78 is 16.7. The van der Waals surface area contributed by atoms with Crippen LogP contribution in [-0.4, -0.2) is 36.7 Å². The Hall–Kier alpha value is -5.18. The van der Waals surface area contributed by atoms with Crippen LogP contribution >= 0.6 is 0 Å². The fraction of sp³-hybridized carbons (Fsp3) is 0.188. The minimum atomic E-state index is -0.954. The van der Waals surface area contributed by atoms with E-state index in [1.165, 1.54) is 18.2 Å². The molecule has 41 heavy (non-hydrogen) atoms. The average molecular weight is 555 g/mol. The van der Waals surface area contributed by atoms with Crippen molar-refractivity contribution >= 4 is 23.7 Å². The Morgan fingerprint density at radius 3 is 2.15 bits per heavy atom. The van der Waals surface area contributed by atoms with Crippen molar-refractivity contribution in [3.05, 3.63) is 135 Å². The number of rotatable bonds is 11.